The van der Waals surface area contributed by atoms with Crippen LogP contribution in [0, 0.1) is 0 Å². The van der Waals surface area contributed by atoms with Gasteiger partial charge in [0.15, 0.2) is 0 Å². The Hall–Kier alpha value is 0.390. The van der Waals surface area contributed by atoms with Crippen molar-refractivity contribution in [3.63, 3.8) is 0 Å². The minimum absolute atomic E-state index is 0. The predicted octanol–water partition coefficient (Wildman–Crippen LogP) is 2.15. The number of ether oxygens (including phenoxy) is 1. The molecule has 8 heteroatoms. The monoisotopic (exact) mass is 326 g/mol. The maximum absolute atomic E-state index is 10.6. The molecule has 17 heavy (non-hydrogen) atoms. The summed E-state index contributed by atoms with van der Waals surface area (Å²) in [7, 11) is 0. The Bertz CT molecular complexity index is 182. The second-order valence-corrected chi connectivity index (χ2v) is 4.05. The lowest BCUT2D eigenvalue weighted by molar-refractivity contribution is 0.160. The molecular formula is C9H18Cl4N2O2. The predicted molar refractivity (Wildman–Crippen MR) is 75.2 cm³/mol. The van der Waals surface area contributed by atoms with Gasteiger partial charge in [-0.25, -0.2) is 4.79 Å². The Kier molecular flexibility index (Phi) is 16.8. The van der Waals surface area contributed by atoms with E-state index in [0.29, 0.717) is 37.3 Å². The molecule has 0 atom stereocenters. The summed E-state index contributed by atoms with van der Waals surface area (Å²) in [5, 5.41) is 3.02. The zero-order valence-corrected chi connectivity index (χ0v) is 12.5. The number of carbonyl (C=O) groups excluding carboxylic acids is 1. The van der Waals surface area contributed by atoms with Gasteiger partial charge in [-0.15, -0.1) is 47.2 Å². The standard InChI is InChI=1S/C5H8ClNO2.C4H9Cl2N.ClH/c6-1-2-7-3-4-9-5(7)8;5-1-3-7-4-2-6;/h1-4H2;7H,1-4H2;1H. The fourth-order valence-corrected chi connectivity index (χ4v) is 1.46. The first-order valence-electron chi connectivity index (χ1n) is 5.06. The van der Waals surface area contributed by atoms with E-state index in [2.05, 4.69) is 10.1 Å². The smallest absolute Gasteiger partial charge is 0.409 e. The van der Waals surface area contributed by atoms with Crippen LogP contribution in [-0.4, -0.2) is 61.4 Å². The fourth-order valence-electron chi connectivity index (χ4n) is 0.989. The van der Waals surface area contributed by atoms with Crippen LogP contribution in [-0.2, 0) is 4.74 Å². The van der Waals surface area contributed by atoms with Gasteiger partial charge in [-0.2, -0.15) is 0 Å². The van der Waals surface area contributed by atoms with E-state index in [0.717, 1.165) is 13.1 Å². The van der Waals surface area contributed by atoms with Gasteiger partial charge in [0.05, 0.1) is 6.54 Å². The van der Waals surface area contributed by atoms with Gasteiger partial charge in [0.25, 0.3) is 0 Å². The molecule has 1 aliphatic rings. The third kappa shape index (κ3) is 11.2. The highest BCUT2D eigenvalue weighted by molar-refractivity contribution is 6.18. The molecule has 1 amide bonds. The topological polar surface area (TPSA) is 41.6 Å². The minimum Gasteiger partial charge on any atom is -0.448 e. The van der Waals surface area contributed by atoms with Crippen molar-refractivity contribution >= 4 is 53.3 Å². The van der Waals surface area contributed by atoms with Crippen LogP contribution in [0.5, 0.6) is 0 Å². The van der Waals surface area contributed by atoms with Crippen LogP contribution in [0.3, 0.4) is 0 Å². The lowest BCUT2D eigenvalue weighted by Gasteiger charge is -2.07. The van der Waals surface area contributed by atoms with Gasteiger partial charge in [0.1, 0.15) is 6.61 Å². The first-order chi connectivity index (χ1) is 7.76. The van der Waals surface area contributed by atoms with E-state index in [1.165, 1.54) is 0 Å². The van der Waals surface area contributed by atoms with Gasteiger partial charge in [-0.05, 0) is 0 Å². The summed E-state index contributed by atoms with van der Waals surface area (Å²) in [4.78, 5) is 12.2. The molecule has 104 valence electrons. The van der Waals surface area contributed by atoms with E-state index in [1.54, 1.807) is 4.90 Å². The SMILES string of the molecule is Cl.ClCCNCCCl.O=C1OCCN1CCCl. The molecule has 0 aromatic carbocycles. The Labute approximate surface area is 123 Å². The second-order valence-electron chi connectivity index (χ2n) is 2.92. The van der Waals surface area contributed by atoms with Gasteiger partial charge in [0.2, 0.25) is 0 Å². The first-order valence-corrected chi connectivity index (χ1v) is 6.67. The van der Waals surface area contributed by atoms with Crippen molar-refractivity contribution in [2.75, 3.05) is 50.4 Å². The van der Waals surface area contributed by atoms with E-state index < -0.39 is 0 Å². The van der Waals surface area contributed by atoms with Crippen molar-refractivity contribution in [2.45, 2.75) is 0 Å². The molecular weight excluding hydrogens is 310 g/mol. The number of rotatable bonds is 6. The lowest BCUT2D eigenvalue weighted by atomic mass is 10.6. The van der Waals surface area contributed by atoms with Gasteiger partial charge in [-0.3, -0.25) is 0 Å². The number of hydrogen-bond donors (Lipinski definition) is 1. The van der Waals surface area contributed by atoms with Crippen molar-refractivity contribution in [3.05, 3.63) is 0 Å². The Balaban J connectivity index is 0. The summed E-state index contributed by atoms with van der Waals surface area (Å²) in [6, 6.07) is 0. The summed E-state index contributed by atoms with van der Waals surface area (Å²) < 4.78 is 4.65. The maximum Gasteiger partial charge on any atom is 0.409 e. The molecule has 1 N–H and O–H groups in total. The second kappa shape index (κ2) is 14.5. The van der Waals surface area contributed by atoms with Crippen LogP contribution in [0.15, 0.2) is 0 Å². The number of hydrogen-bond acceptors (Lipinski definition) is 3. The number of cyclic esters (lactones) is 1. The molecule has 1 heterocycles. The van der Waals surface area contributed by atoms with Crippen molar-refractivity contribution in [3.8, 4) is 0 Å². The molecule has 0 saturated carbocycles. The normalized spacial score (nSPS) is 13.6. The van der Waals surface area contributed by atoms with Crippen molar-refractivity contribution in [2.24, 2.45) is 0 Å². The zero-order valence-electron chi connectivity index (χ0n) is 9.46. The third-order valence-electron chi connectivity index (χ3n) is 1.74. The average molecular weight is 328 g/mol. The largest absolute Gasteiger partial charge is 0.448 e. The molecule has 1 fully saturated rings. The molecule has 0 radical (unpaired) electrons. The van der Waals surface area contributed by atoms with Gasteiger partial charge in [-0.1, -0.05) is 0 Å². The van der Waals surface area contributed by atoms with Gasteiger partial charge >= 0.3 is 6.09 Å². The van der Waals surface area contributed by atoms with Gasteiger partial charge < -0.3 is 15.0 Å². The molecule has 0 aromatic heterocycles. The summed E-state index contributed by atoms with van der Waals surface area (Å²) >= 11 is 16.1. The number of amides is 1. The van der Waals surface area contributed by atoms with Crippen LogP contribution in [0.2, 0.25) is 0 Å². The molecule has 0 unspecified atom stereocenters. The van der Waals surface area contributed by atoms with Crippen LogP contribution >= 0.6 is 47.2 Å². The molecule has 0 aliphatic carbocycles. The van der Waals surface area contributed by atoms with Crippen LogP contribution in [0.1, 0.15) is 0 Å². The fraction of sp³-hybridized carbons (Fsp3) is 0.889. The number of nitrogens with zero attached hydrogens (tertiary/aromatic N) is 1. The molecule has 0 aromatic rings. The van der Waals surface area contributed by atoms with E-state index >= 15 is 0 Å². The first kappa shape index (κ1) is 19.7. The quantitative estimate of drug-likeness (QED) is 0.600. The van der Waals surface area contributed by atoms with Crippen LogP contribution < -0.4 is 5.32 Å². The zero-order chi connectivity index (χ0) is 12.2. The highest BCUT2D eigenvalue weighted by Crippen LogP contribution is 2.01. The number of halogens is 4. The number of nitrogens with one attached hydrogen (secondary N) is 1. The lowest BCUT2D eigenvalue weighted by Crippen LogP contribution is -2.26. The van der Waals surface area contributed by atoms with Crippen LogP contribution in [0.25, 0.3) is 0 Å². The molecule has 1 aliphatic heterocycles. The molecule has 0 bridgehead atoms. The summed E-state index contributed by atoms with van der Waals surface area (Å²) in [6.07, 6.45) is -0.240. The Morgan fingerprint density at radius 3 is 2.12 bits per heavy atom. The summed E-state index contributed by atoms with van der Waals surface area (Å²) in [5.74, 6) is 1.81. The highest BCUT2D eigenvalue weighted by Gasteiger charge is 2.20. The minimum atomic E-state index is -0.240. The van der Waals surface area contributed by atoms with E-state index in [1.807, 2.05) is 0 Å². The summed E-state index contributed by atoms with van der Waals surface area (Å²) in [5.41, 5.74) is 0. The number of carbonyl (C=O) groups is 1. The average Bonchev–Trinajstić information content (AvgIpc) is 2.67. The van der Waals surface area contributed by atoms with E-state index in [-0.39, 0.29) is 18.5 Å². The molecule has 1 rings (SSSR count). The maximum atomic E-state index is 10.6. The van der Waals surface area contributed by atoms with E-state index in [9.17, 15) is 4.79 Å². The third-order valence-corrected chi connectivity index (χ3v) is 2.29. The van der Waals surface area contributed by atoms with Crippen molar-refractivity contribution < 1.29 is 9.53 Å². The van der Waals surface area contributed by atoms with Crippen molar-refractivity contribution in [1.29, 1.82) is 0 Å². The Morgan fingerprint density at radius 1 is 1.18 bits per heavy atom. The molecule has 4 nitrogen and oxygen atoms in total. The van der Waals surface area contributed by atoms with Crippen molar-refractivity contribution in [1.82, 2.24) is 10.2 Å². The van der Waals surface area contributed by atoms with E-state index in [4.69, 9.17) is 34.8 Å². The highest BCUT2D eigenvalue weighted by atomic mass is 35.5. The Morgan fingerprint density at radius 2 is 1.76 bits per heavy atom. The van der Waals surface area contributed by atoms with Crippen LogP contribution in [0.4, 0.5) is 4.79 Å². The van der Waals surface area contributed by atoms with Gasteiger partial charge in [0, 0.05) is 37.3 Å². The summed E-state index contributed by atoms with van der Waals surface area (Å²) in [6.45, 7) is 3.50. The molecule has 0 spiro atoms. The number of alkyl halides is 3. The molecule has 1 saturated heterocycles.